The third-order valence-corrected chi connectivity index (χ3v) is 3.49. The van der Waals surface area contributed by atoms with E-state index < -0.39 is 10.0 Å². The summed E-state index contributed by atoms with van der Waals surface area (Å²) in [4.78, 5) is 6.15. The third-order valence-electron chi connectivity index (χ3n) is 2.04. The summed E-state index contributed by atoms with van der Waals surface area (Å²) in [5.41, 5.74) is 5.23. The first kappa shape index (κ1) is 12.7. The van der Waals surface area contributed by atoms with Crippen LogP contribution in [0.25, 0.3) is 0 Å². The van der Waals surface area contributed by atoms with Crippen LogP contribution in [-0.4, -0.2) is 30.3 Å². The molecule has 0 aliphatic rings. The molecule has 1 unspecified atom stereocenters. The fourth-order valence-corrected chi connectivity index (χ4v) is 2.43. The van der Waals surface area contributed by atoms with Crippen molar-refractivity contribution in [2.75, 3.05) is 0 Å². The fourth-order valence-electron chi connectivity index (χ4n) is 1.21. The lowest BCUT2D eigenvalue weighted by atomic mass is 10.1. The molecule has 1 rings (SSSR count). The molecular weight excluding hydrogens is 230 g/mol. The molecule has 0 fully saturated rings. The second-order valence-corrected chi connectivity index (χ2v) is 5.05. The summed E-state index contributed by atoms with van der Waals surface area (Å²) in [6.45, 7) is 1.82. The summed E-state index contributed by atoms with van der Waals surface area (Å²) in [6, 6.07) is -0.370. The van der Waals surface area contributed by atoms with Crippen LogP contribution in [0.5, 0.6) is 0 Å². The minimum absolute atomic E-state index is 0.00880. The van der Waals surface area contributed by atoms with E-state index in [1.54, 1.807) is 0 Å². The predicted octanol–water partition coefficient (Wildman–Crippen LogP) is -0.207. The van der Waals surface area contributed by atoms with Gasteiger partial charge in [-0.15, -0.1) is 0 Å². The van der Waals surface area contributed by atoms with Gasteiger partial charge in [-0.1, -0.05) is 6.92 Å². The molecule has 0 aromatic carbocycles. The van der Waals surface area contributed by atoms with Gasteiger partial charge in [0.15, 0.2) is 5.03 Å². The number of hydrogen-bond acceptors (Lipinski definition) is 4. The lowest BCUT2D eigenvalue weighted by molar-refractivity contribution is 0.542. The SMILES string of the molecule is CCC(CC(=N)N)NS(=O)(=O)c1cnc[nH]1. The molecule has 0 amide bonds. The number of amidine groups is 1. The van der Waals surface area contributed by atoms with Crippen molar-refractivity contribution in [3.8, 4) is 0 Å². The zero-order valence-corrected chi connectivity index (χ0v) is 9.71. The first-order chi connectivity index (χ1) is 7.45. The van der Waals surface area contributed by atoms with Crippen LogP contribution in [0, 0.1) is 5.41 Å². The van der Waals surface area contributed by atoms with Crippen molar-refractivity contribution < 1.29 is 8.42 Å². The Kier molecular flexibility index (Phi) is 4.02. The van der Waals surface area contributed by atoms with E-state index in [9.17, 15) is 8.42 Å². The van der Waals surface area contributed by atoms with Gasteiger partial charge in [0.1, 0.15) is 0 Å². The van der Waals surface area contributed by atoms with Gasteiger partial charge in [0.05, 0.1) is 18.4 Å². The lowest BCUT2D eigenvalue weighted by Crippen LogP contribution is -2.37. The van der Waals surface area contributed by atoms with E-state index in [1.807, 2.05) is 6.92 Å². The topological polar surface area (TPSA) is 125 Å². The number of sulfonamides is 1. The zero-order chi connectivity index (χ0) is 12.2. The van der Waals surface area contributed by atoms with Crippen molar-refractivity contribution in [3.05, 3.63) is 12.5 Å². The Labute approximate surface area is 94.0 Å². The van der Waals surface area contributed by atoms with Crippen LogP contribution in [0.15, 0.2) is 17.6 Å². The molecule has 7 nitrogen and oxygen atoms in total. The highest BCUT2D eigenvalue weighted by Crippen LogP contribution is 2.06. The Balaban J connectivity index is 2.75. The normalized spacial score (nSPS) is 13.6. The van der Waals surface area contributed by atoms with Crippen molar-refractivity contribution in [2.45, 2.75) is 30.8 Å². The molecule has 5 N–H and O–H groups in total. The molecule has 16 heavy (non-hydrogen) atoms. The number of aromatic nitrogens is 2. The highest BCUT2D eigenvalue weighted by molar-refractivity contribution is 7.89. The Morgan fingerprint density at radius 1 is 1.75 bits per heavy atom. The van der Waals surface area contributed by atoms with Crippen LogP contribution in [-0.2, 0) is 10.0 Å². The van der Waals surface area contributed by atoms with E-state index in [0.717, 1.165) is 0 Å². The predicted molar refractivity (Wildman–Crippen MR) is 59.5 cm³/mol. The Bertz CT molecular complexity index is 439. The molecule has 0 spiro atoms. The number of H-pyrrole nitrogens is 1. The Hall–Kier alpha value is -1.41. The maximum Gasteiger partial charge on any atom is 0.257 e. The number of nitrogens with one attached hydrogen (secondary N) is 3. The summed E-state index contributed by atoms with van der Waals surface area (Å²) in [7, 11) is -3.59. The largest absolute Gasteiger partial charge is 0.388 e. The van der Waals surface area contributed by atoms with Gasteiger partial charge >= 0.3 is 0 Å². The zero-order valence-electron chi connectivity index (χ0n) is 8.90. The van der Waals surface area contributed by atoms with Crippen molar-refractivity contribution in [1.82, 2.24) is 14.7 Å². The third kappa shape index (κ3) is 3.31. The summed E-state index contributed by atoms with van der Waals surface area (Å²) in [5, 5.41) is 7.14. The van der Waals surface area contributed by atoms with E-state index in [-0.39, 0.29) is 23.3 Å². The number of rotatable bonds is 6. The second-order valence-electron chi connectivity index (χ2n) is 3.37. The van der Waals surface area contributed by atoms with Crippen LogP contribution in [0.4, 0.5) is 0 Å². The second kappa shape index (κ2) is 5.08. The van der Waals surface area contributed by atoms with E-state index in [4.69, 9.17) is 11.1 Å². The molecule has 90 valence electrons. The average molecular weight is 245 g/mol. The molecule has 1 atom stereocenters. The molecule has 0 bridgehead atoms. The van der Waals surface area contributed by atoms with Gasteiger partial charge < -0.3 is 10.7 Å². The van der Waals surface area contributed by atoms with E-state index >= 15 is 0 Å². The lowest BCUT2D eigenvalue weighted by Gasteiger charge is -2.15. The molecule has 0 saturated carbocycles. The van der Waals surface area contributed by atoms with Crippen LogP contribution < -0.4 is 10.5 Å². The van der Waals surface area contributed by atoms with Crippen molar-refractivity contribution in [3.63, 3.8) is 0 Å². The Morgan fingerprint density at radius 3 is 2.88 bits per heavy atom. The first-order valence-corrected chi connectivity index (χ1v) is 6.27. The van der Waals surface area contributed by atoms with Gasteiger partial charge in [-0.2, -0.15) is 0 Å². The number of hydrogen-bond donors (Lipinski definition) is 4. The minimum Gasteiger partial charge on any atom is -0.388 e. The van der Waals surface area contributed by atoms with E-state index in [0.29, 0.717) is 6.42 Å². The van der Waals surface area contributed by atoms with Crippen LogP contribution in [0.3, 0.4) is 0 Å². The molecule has 1 heterocycles. The van der Waals surface area contributed by atoms with Gasteiger partial charge in [0.25, 0.3) is 10.0 Å². The summed E-state index contributed by atoms with van der Waals surface area (Å²) in [5.74, 6) is -0.0424. The number of nitrogens with zero attached hydrogens (tertiary/aromatic N) is 1. The summed E-state index contributed by atoms with van der Waals surface area (Å²) >= 11 is 0. The van der Waals surface area contributed by atoms with Gasteiger partial charge in [0, 0.05) is 12.5 Å². The van der Waals surface area contributed by atoms with Crippen molar-refractivity contribution >= 4 is 15.9 Å². The monoisotopic (exact) mass is 245 g/mol. The van der Waals surface area contributed by atoms with E-state index in [2.05, 4.69) is 14.7 Å². The maximum atomic E-state index is 11.8. The molecular formula is C8H15N5O2S. The van der Waals surface area contributed by atoms with Gasteiger partial charge in [-0.05, 0) is 6.42 Å². The minimum atomic E-state index is -3.59. The quantitative estimate of drug-likeness (QED) is 0.409. The summed E-state index contributed by atoms with van der Waals surface area (Å²) < 4.78 is 26.0. The van der Waals surface area contributed by atoms with Crippen molar-refractivity contribution in [2.24, 2.45) is 5.73 Å². The molecule has 0 radical (unpaired) electrons. The average Bonchev–Trinajstić information content (AvgIpc) is 2.68. The number of imidazole rings is 1. The van der Waals surface area contributed by atoms with Crippen LogP contribution in [0.2, 0.25) is 0 Å². The highest BCUT2D eigenvalue weighted by atomic mass is 32.2. The summed E-state index contributed by atoms with van der Waals surface area (Å²) in [6.07, 6.45) is 3.28. The smallest absolute Gasteiger partial charge is 0.257 e. The highest BCUT2D eigenvalue weighted by Gasteiger charge is 2.20. The van der Waals surface area contributed by atoms with Gasteiger partial charge in [-0.3, -0.25) is 5.41 Å². The van der Waals surface area contributed by atoms with E-state index in [1.165, 1.54) is 12.5 Å². The standard InChI is InChI=1S/C8H15N5O2S/c1-2-6(3-7(9)10)13-16(14,15)8-4-11-5-12-8/h4-6,13H,2-3H2,1H3,(H3,9,10)(H,11,12). The molecule has 1 aromatic heterocycles. The maximum absolute atomic E-state index is 11.8. The van der Waals surface area contributed by atoms with Gasteiger partial charge in [0.2, 0.25) is 0 Å². The molecule has 0 aliphatic heterocycles. The number of nitrogens with two attached hydrogens (primary N) is 1. The molecule has 8 heteroatoms. The van der Waals surface area contributed by atoms with Crippen LogP contribution in [0.1, 0.15) is 19.8 Å². The fraction of sp³-hybridized carbons (Fsp3) is 0.500. The molecule has 0 saturated heterocycles. The van der Waals surface area contributed by atoms with Gasteiger partial charge in [-0.25, -0.2) is 18.1 Å². The molecule has 0 aliphatic carbocycles. The van der Waals surface area contributed by atoms with Crippen LogP contribution >= 0.6 is 0 Å². The first-order valence-electron chi connectivity index (χ1n) is 4.79. The Morgan fingerprint density at radius 2 is 2.44 bits per heavy atom. The molecule has 1 aromatic rings. The van der Waals surface area contributed by atoms with Crippen molar-refractivity contribution in [1.29, 1.82) is 5.41 Å². The number of aromatic amines is 1.